The van der Waals surface area contributed by atoms with Crippen LogP contribution in [0.15, 0.2) is 23.1 Å². The molecule has 6 rings (SSSR count). The van der Waals surface area contributed by atoms with Gasteiger partial charge in [0.15, 0.2) is 5.65 Å². The third-order valence-electron chi connectivity index (χ3n) is 7.73. The summed E-state index contributed by atoms with van der Waals surface area (Å²) in [7, 11) is 0. The number of hydrogen-bond donors (Lipinski definition) is 1. The van der Waals surface area contributed by atoms with Gasteiger partial charge in [0.1, 0.15) is 0 Å². The first-order valence-electron chi connectivity index (χ1n) is 10.3. The molecule has 0 spiro atoms. The summed E-state index contributed by atoms with van der Waals surface area (Å²) < 4.78 is 7.51. The van der Waals surface area contributed by atoms with E-state index < -0.39 is 0 Å². The Kier molecular flexibility index (Phi) is 3.31. The summed E-state index contributed by atoms with van der Waals surface area (Å²) >= 11 is 0. The van der Waals surface area contributed by atoms with Crippen molar-refractivity contribution in [3.63, 3.8) is 0 Å². The topological polar surface area (TPSA) is 83.5 Å². The number of aromatic nitrogens is 3. The number of carbonyl (C=O) groups excluding carboxylic acids is 1. The van der Waals surface area contributed by atoms with Crippen molar-refractivity contribution in [1.82, 2.24) is 24.3 Å². The van der Waals surface area contributed by atoms with Crippen LogP contribution in [0.4, 0.5) is 4.79 Å². The number of amides is 2. The van der Waals surface area contributed by atoms with Gasteiger partial charge in [0, 0.05) is 43.2 Å². The van der Waals surface area contributed by atoms with Gasteiger partial charge in [-0.3, -0.25) is 4.57 Å². The predicted octanol–water partition coefficient (Wildman–Crippen LogP) is 1.59. The van der Waals surface area contributed by atoms with Gasteiger partial charge in [0.2, 0.25) is 0 Å². The lowest BCUT2D eigenvalue weighted by atomic mass is 9.53. The SMILES string of the molecule is O=C(N1CCCC(n2c(=O)[nH]c3cccnc32)C1)N1CC23CCC2(COC3)C1. The summed E-state index contributed by atoms with van der Waals surface area (Å²) in [5.74, 6) is 0. The van der Waals surface area contributed by atoms with Crippen LogP contribution in [0.3, 0.4) is 0 Å². The molecule has 5 heterocycles. The molecule has 1 aliphatic carbocycles. The van der Waals surface area contributed by atoms with E-state index in [-0.39, 0.29) is 28.6 Å². The maximum Gasteiger partial charge on any atom is 0.327 e. The molecule has 2 aromatic heterocycles. The average Bonchev–Trinajstić information content (AvgIpc) is 3.21. The zero-order valence-electron chi connectivity index (χ0n) is 15.9. The van der Waals surface area contributed by atoms with Gasteiger partial charge in [-0.2, -0.15) is 0 Å². The molecule has 4 fully saturated rings. The number of urea groups is 1. The molecule has 8 heteroatoms. The Balaban J connectivity index is 1.24. The zero-order valence-corrected chi connectivity index (χ0v) is 15.9. The first-order chi connectivity index (χ1) is 13.6. The van der Waals surface area contributed by atoms with Gasteiger partial charge >= 0.3 is 11.7 Å². The third-order valence-corrected chi connectivity index (χ3v) is 7.73. The molecule has 3 saturated heterocycles. The fourth-order valence-corrected chi connectivity index (χ4v) is 6.07. The number of nitrogens with zero attached hydrogens (tertiary/aromatic N) is 4. The van der Waals surface area contributed by atoms with Crippen LogP contribution in [0, 0.1) is 10.8 Å². The van der Waals surface area contributed by atoms with Crippen molar-refractivity contribution in [2.24, 2.45) is 10.8 Å². The van der Waals surface area contributed by atoms with Crippen molar-refractivity contribution in [3.05, 3.63) is 28.8 Å². The highest BCUT2D eigenvalue weighted by molar-refractivity contribution is 5.75. The molecule has 0 radical (unpaired) electrons. The van der Waals surface area contributed by atoms with Gasteiger partial charge in [0.05, 0.1) is 24.8 Å². The van der Waals surface area contributed by atoms with Crippen molar-refractivity contribution in [2.75, 3.05) is 39.4 Å². The number of pyridine rings is 1. The lowest BCUT2D eigenvalue weighted by Crippen LogP contribution is -2.49. The first kappa shape index (κ1) is 16.6. The first-order valence-corrected chi connectivity index (χ1v) is 10.3. The van der Waals surface area contributed by atoms with E-state index in [2.05, 4.69) is 9.97 Å². The Morgan fingerprint density at radius 1 is 1.21 bits per heavy atom. The number of piperidine rings is 1. The van der Waals surface area contributed by atoms with Gasteiger partial charge in [-0.15, -0.1) is 0 Å². The molecule has 3 unspecified atom stereocenters. The van der Waals surface area contributed by atoms with E-state index >= 15 is 0 Å². The zero-order chi connectivity index (χ0) is 18.9. The number of imidazole rings is 1. The van der Waals surface area contributed by atoms with Crippen molar-refractivity contribution in [1.29, 1.82) is 0 Å². The summed E-state index contributed by atoms with van der Waals surface area (Å²) in [5.41, 5.74) is 1.69. The molecular weight excluding hydrogens is 358 g/mol. The minimum Gasteiger partial charge on any atom is -0.380 e. The number of hydrogen-bond acceptors (Lipinski definition) is 4. The lowest BCUT2D eigenvalue weighted by molar-refractivity contribution is 0.0255. The maximum absolute atomic E-state index is 13.3. The normalized spacial score (nSPS) is 34.4. The van der Waals surface area contributed by atoms with Crippen LogP contribution in [-0.2, 0) is 4.74 Å². The number of rotatable bonds is 1. The van der Waals surface area contributed by atoms with E-state index in [9.17, 15) is 9.59 Å². The summed E-state index contributed by atoms with van der Waals surface area (Å²) in [6, 6.07) is 3.78. The van der Waals surface area contributed by atoms with Crippen molar-refractivity contribution in [2.45, 2.75) is 31.7 Å². The lowest BCUT2D eigenvalue weighted by Gasteiger charge is -2.47. The van der Waals surface area contributed by atoms with Crippen LogP contribution in [0.2, 0.25) is 0 Å². The monoisotopic (exact) mass is 383 g/mol. The fourth-order valence-electron chi connectivity index (χ4n) is 6.07. The molecule has 4 aliphatic rings. The molecule has 148 valence electrons. The van der Waals surface area contributed by atoms with E-state index in [1.54, 1.807) is 10.8 Å². The minimum atomic E-state index is -0.142. The summed E-state index contributed by atoms with van der Waals surface area (Å²) in [4.78, 5) is 37.1. The maximum atomic E-state index is 13.3. The number of carbonyl (C=O) groups is 1. The van der Waals surface area contributed by atoms with Gasteiger partial charge < -0.3 is 19.5 Å². The van der Waals surface area contributed by atoms with Crippen LogP contribution in [0.25, 0.3) is 11.2 Å². The second kappa shape index (κ2) is 5.59. The molecule has 28 heavy (non-hydrogen) atoms. The van der Waals surface area contributed by atoms with E-state index in [0.29, 0.717) is 12.2 Å². The van der Waals surface area contributed by atoms with Gasteiger partial charge in [-0.25, -0.2) is 14.6 Å². The number of likely N-dealkylation sites (tertiary alicyclic amines) is 2. The number of aromatic amines is 1. The van der Waals surface area contributed by atoms with Crippen molar-refractivity contribution < 1.29 is 9.53 Å². The minimum absolute atomic E-state index is 0.0349. The highest BCUT2D eigenvalue weighted by atomic mass is 16.5. The Hall–Kier alpha value is -2.35. The molecule has 0 bridgehead atoms. The Labute approximate surface area is 162 Å². The molecule has 8 nitrogen and oxygen atoms in total. The van der Waals surface area contributed by atoms with E-state index in [4.69, 9.17) is 4.74 Å². The second-order valence-electron chi connectivity index (χ2n) is 9.11. The van der Waals surface area contributed by atoms with Crippen LogP contribution in [-0.4, -0.2) is 69.8 Å². The summed E-state index contributed by atoms with van der Waals surface area (Å²) in [6.45, 7) is 4.57. The van der Waals surface area contributed by atoms with Crippen LogP contribution >= 0.6 is 0 Å². The number of H-pyrrole nitrogens is 1. The Bertz CT molecular complexity index is 995. The van der Waals surface area contributed by atoms with E-state index in [1.165, 1.54) is 12.8 Å². The average molecular weight is 383 g/mol. The fraction of sp³-hybridized carbons (Fsp3) is 0.650. The molecule has 2 amide bonds. The van der Waals surface area contributed by atoms with Gasteiger partial charge in [-0.05, 0) is 37.8 Å². The number of ether oxygens (including phenoxy) is 1. The summed E-state index contributed by atoms with van der Waals surface area (Å²) in [6.07, 6.45) is 5.84. The van der Waals surface area contributed by atoms with E-state index in [0.717, 1.165) is 51.2 Å². The summed E-state index contributed by atoms with van der Waals surface area (Å²) in [5, 5.41) is 0. The quantitative estimate of drug-likeness (QED) is 0.811. The Morgan fingerprint density at radius 2 is 2.00 bits per heavy atom. The van der Waals surface area contributed by atoms with Gasteiger partial charge in [-0.1, -0.05) is 0 Å². The van der Waals surface area contributed by atoms with Crippen LogP contribution in [0.1, 0.15) is 31.7 Å². The molecule has 2 aromatic rings. The van der Waals surface area contributed by atoms with Gasteiger partial charge in [0.25, 0.3) is 0 Å². The molecule has 1 N–H and O–H groups in total. The van der Waals surface area contributed by atoms with Crippen LogP contribution < -0.4 is 5.69 Å². The van der Waals surface area contributed by atoms with E-state index in [1.807, 2.05) is 21.9 Å². The standard InChI is InChI=1S/C20H25N5O3/c26-17-22-15-4-1-7-21-16(15)25(17)14-3-2-8-23(9-14)18(27)24-10-19-5-6-20(19,11-24)13-28-12-19/h1,4,7,14H,2-3,5-6,8-13H2,(H,22,26). The molecule has 3 aliphatic heterocycles. The molecule has 1 saturated carbocycles. The molecule has 0 aromatic carbocycles. The second-order valence-corrected chi connectivity index (χ2v) is 9.11. The molecule has 3 atom stereocenters. The number of nitrogens with one attached hydrogen (secondary N) is 1. The van der Waals surface area contributed by atoms with Crippen molar-refractivity contribution in [3.8, 4) is 0 Å². The highest BCUT2D eigenvalue weighted by Gasteiger charge is 2.68. The Morgan fingerprint density at radius 3 is 2.75 bits per heavy atom. The van der Waals surface area contributed by atoms with Crippen molar-refractivity contribution >= 4 is 17.2 Å². The highest BCUT2D eigenvalue weighted by Crippen LogP contribution is 2.64. The molecular formula is C20H25N5O3. The number of fused-ring (bicyclic) bond motifs is 1. The largest absolute Gasteiger partial charge is 0.380 e. The smallest absolute Gasteiger partial charge is 0.327 e. The third kappa shape index (κ3) is 2.07. The predicted molar refractivity (Wildman–Crippen MR) is 102 cm³/mol. The van der Waals surface area contributed by atoms with Crippen LogP contribution in [0.5, 0.6) is 0 Å².